The number of halogens is 3. The summed E-state index contributed by atoms with van der Waals surface area (Å²) in [7, 11) is -3.63. The van der Waals surface area contributed by atoms with Crippen LogP contribution in [0, 0.1) is 20.8 Å². The van der Waals surface area contributed by atoms with Crippen LogP contribution in [0.2, 0.25) is 3.34 Å². The summed E-state index contributed by atoms with van der Waals surface area (Å²) in [6.07, 6.45) is 0. The van der Waals surface area contributed by atoms with Crippen molar-refractivity contribution < 1.29 is 57.7 Å². The van der Waals surface area contributed by atoms with Crippen molar-refractivity contribution >= 4 is 23.6 Å². The summed E-state index contributed by atoms with van der Waals surface area (Å²) >= 11 is 2.65. The van der Waals surface area contributed by atoms with Crippen LogP contribution in [0.1, 0.15) is 44.4 Å². The first-order valence-electron chi connectivity index (χ1n) is 23.9. The van der Waals surface area contributed by atoms with Gasteiger partial charge in [0.1, 0.15) is 0 Å². The summed E-state index contributed by atoms with van der Waals surface area (Å²) in [4.78, 5) is 0. The van der Waals surface area contributed by atoms with Gasteiger partial charge < -0.3 is 37.2 Å². The molecule has 0 saturated carbocycles. The van der Waals surface area contributed by atoms with E-state index in [1.54, 1.807) is 0 Å². The summed E-state index contributed by atoms with van der Waals surface area (Å²) < 4.78 is -0.436. The van der Waals surface area contributed by atoms with Crippen molar-refractivity contribution in [2.24, 2.45) is 0 Å². The van der Waals surface area contributed by atoms with E-state index >= 15 is 0 Å². The molecule has 1 aliphatic carbocycles. The van der Waals surface area contributed by atoms with Gasteiger partial charge in [-0.25, -0.2) is 0 Å². The van der Waals surface area contributed by atoms with Gasteiger partial charge in [0.15, 0.2) is 0 Å². The second-order valence-corrected chi connectivity index (χ2v) is 24.5. The Morgan fingerprint density at radius 2 is 0.493 bits per heavy atom. The average molecular weight is 1030 g/mol. The molecule has 0 radical (unpaired) electrons. The quantitative estimate of drug-likeness (QED) is 0.102. The second kappa shape index (κ2) is 21.9. The molecule has 10 rings (SSSR count). The van der Waals surface area contributed by atoms with Crippen LogP contribution in [0.3, 0.4) is 0 Å². The molecule has 0 atom stereocenters. The fraction of sp³-hybridized carbons (Fsp3) is 0.121. The van der Waals surface area contributed by atoms with Crippen molar-refractivity contribution in [2.45, 2.75) is 51.8 Å². The molecule has 0 nitrogen and oxygen atoms in total. The molecule has 1 aliphatic rings. The molecule has 0 amide bonds. The summed E-state index contributed by atoms with van der Waals surface area (Å²) in [6.45, 7) is 17.0. The van der Waals surface area contributed by atoms with Crippen molar-refractivity contribution in [3.8, 4) is 66.8 Å². The Hall–Kier alpha value is -5.74. The largest absolute Gasteiger partial charge is 1.00 e. The normalized spacial score (nSPS) is 13.0. The fourth-order valence-corrected chi connectivity index (χ4v) is 21.3. The molecule has 350 valence electrons. The molecule has 0 unspecified atom stereocenters. The molecule has 0 fully saturated rings. The molecule has 0 aliphatic heterocycles. The van der Waals surface area contributed by atoms with E-state index in [0.29, 0.717) is 0 Å². The zero-order valence-corrected chi connectivity index (χ0v) is 46.2. The average Bonchev–Trinajstić information content (AvgIpc) is 3.54. The van der Waals surface area contributed by atoms with Crippen LogP contribution < -0.4 is 52.8 Å². The number of rotatable bonds is 10. The first-order valence-corrected chi connectivity index (χ1v) is 26.7. The van der Waals surface area contributed by atoms with Crippen molar-refractivity contribution in [2.75, 3.05) is 0 Å². The maximum Gasteiger partial charge on any atom is -1.00 e. The molecular formula is C66H57Cl3SiTi. The third-order valence-electron chi connectivity index (χ3n) is 15.1. The van der Waals surface area contributed by atoms with Crippen LogP contribution in [-0.2, 0) is 20.4 Å². The molecular weight excluding hydrogens is 975 g/mol. The summed E-state index contributed by atoms with van der Waals surface area (Å²) in [6, 6.07) is 82.0. The van der Waals surface area contributed by atoms with Gasteiger partial charge in [-0.15, -0.1) is 0 Å². The van der Waals surface area contributed by atoms with Gasteiger partial charge in [0, 0.05) is 0 Å². The predicted octanol–water partition coefficient (Wildman–Crippen LogP) is 7.03. The van der Waals surface area contributed by atoms with Crippen LogP contribution in [0.25, 0.3) is 66.8 Å². The van der Waals surface area contributed by atoms with E-state index in [-0.39, 0.29) is 37.2 Å². The van der Waals surface area contributed by atoms with Crippen LogP contribution in [0.4, 0.5) is 0 Å². The monoisotopic (exact) mass is 1030 g/mol. The molecule has 0 spiro atoms. The molecule has 0 N–H and O–H groups in total. The van der Waals surface area contributed by atoms with Crippen molar-refractivity contribution in [1.29, 1.82) is 0 Å². The van der Waals surface area contributed by atoms with Gasteiger partial charge in [0.25, 0.3) is 0 Å². The fourth-order valence-electron chi connectivity index (χ4n) is 11.7. The van der Waals surface area contributed by atoms with Crippen molar-refractivity contribution in [3.63, 3.8) is 0 Å². The van der Waals surface area contributed by atoms with E-state index in [1.165, 1.54) is 121 Å². The molecule has 0 aromatic heterocycles. The zero-order chi connectivity index (χ0) is 47.2. The maximum atomic E-state index is 2.65. The molecule has 71 heavy (non-hydrogen) atoms. The van der Waals surface area contributed by atoms with E-state index in [0.717, 1.165) is 0 Å². The molecule has 9 aromatic carbocycles. The number of hydrogen-bond donors (Lipinski definition) is 0. The van der Waals surface area contributed by atoms with E-state index in [4.69, 9.17) is 0 Å². The molecule has 9 aromatic rings. The Morgan fingerprint density at radius 3 is 0.718 bits per heavy atom. The van der Waals surface area contributed by atoms with Gasteiger partial charge in [0.05, 0.1) is 0 Å². The van der Waals surface area contributed by atoms with Gasteiger partial charge >= 0.3 is 420 Å². The van der Waals surface area contributed by atoms with Crippen LogP contribution >= 0.6 is 0 Å². The van der Waals surface area contributed by atoms with Gasteiger partial charge in [-0.3, -0.25) is 0 Å². The van der Waals surface area contributed by atoms with E-state index in [9.17, 15) is 0 Å². The van der Waals surface area contributed by atoms with Gasteiger partial charge in [-0.2, -0.15) is 0 Å². The first-order chi connectivity index (χ1) is 33.0. The van der Waals surface area contributed by atoms with Gasteiger partial charge in [0.2, 0.25) is 0 Å². The Labute approximate surface area is 453 Å². The van der Waals surface area contributed by atoms with Crippen LogP contribution in [-0.4, -0.2) is 8.07 Å². The Balaban J connectivity index is 0.00000247. The zero-order valence-electron chi connectivity index (χ0n) is 41.4. The number of hydrogen-bond acceptors (Lipinski definition) is 0. The summed E-state index contributed by atoms with van der Waals surface area (Å²) in [5.74, 6) is 0. The van der Waals surface area contributed by atoms with E-state index in [2.05, 4.69) is 287 Å². The Morgan fingerprint density at radius 1 is 0.282 bits per heavy atom. The minimum absolute atomic E-state index is 0. The smallest absolute Gasteiger partial charge is 1.00 e. The SMILES string of the molecule is CC1=C(C)[C]([Ti+3])([Si](c2c(C)cc(-c3ccccc3)cc2-c2ccccc2)(c2c(C)cc(-c3ccccc3)cc2-c2ccccc2)c2c(C)cc(-c3ccccc3)cc2-c2ccccc2)C(C)=C1C.[Cl-].[Cl-].[Cl-]. The number of allylic oxidation sites excluding steroid dienone is 4. The molecule has 0 bridgehead atoms. The van der Waals surface area contributed by atoms with Gasteiger partial charge in [-0.1, -0.05) is 0 Å². The third-order valence-corrected chi connectivity index (χ3v) is 24.1. The Kier molecular flexibility index (Phi) is 16.4. The molecule has 5 heteroatoms. The minimum Gasteiger partial charge on any atom is -1.00 e. The van der Waals surface area contributed by atoms with Crippen LogP contribution in [0.15, 0.2) is 241 Å². The van der Waals surface area contributed by atoms with Crippen LogP contribution in [0.5, 0.6) is 0 Å². The number of aryl methyl sites for hydroxylation is 3. The third kappa shape index (κ3) is 9.12. The Bertz CT molecular complexity index is 3040. The molecule has 0 saturated heterocycles. The second-order valence-electron chi connectivity index (χ2n) is 18.8. The summed E-state index contributed by atoms with van der Waals surface area (Å²) in [5.41, 5.74) is 24.6. The van der Waals surface area contributed by atoms with Crippen molar-refractivity contribution in [1.82, 2.24) is 0 Å². The van der Waals surface area contributed by atoms with E-state index in [1.807, 2.05) is 0 Å². The topological polar surface area (TPSA) is 0 Å². The van der Waals surface area contributed by atoms with Gasteiger partial charge in [-0.05, 0) is 0 Å². The minimum atomic E-state index is -3.63. The van der Waals surface area contributed by atoms with Crippen molar-refractivity contribution in [3.05, 3.63) is 257 Å². The standard InChI is InChI=1S/C66H57Si.3ClH.Ti/c1-44-38-57(51-26-14-8-15-27-51)41-60(54-32-20-11-21-33-54)63(44)67(66-49(6)47(4)48(5)50(66)7,64-45(2)39-58(52-28-16-9-17-29-52)42-61(64)55-34-22-12-23-35-55)65-46(3)40-59(53-30-18-10-19-31-53)43-62(65)56-36-24-13-25-37-56;;;;/h8-43H,1-7H3;3*1H;/q;;;;+3/p-3. The molecule has 0 heterocycles. The first kappa shape index (κ1) is 53.1. The maximum absolute atomic E-state index is 3.63. The number of benzene rings is 9. The predicted molar refractivity (Wildman–Crippen MR) is 290 cm³/mol. The van der Waals surface area contributed by atoms with E-state index < -0.39 is 11.4 Å². The summed E-state index contributed by atoms with van der Waals surface area (Å²) in [5, 5.41) is 4.40.